The number of allylic oxidation sites excluding steroid dienone is 3. The van der Waals surface area contributed by atoms with Gasteiger partial charge in [-0.2, -0.15) is 0 Å². The van der Waals surface area contributed by atoms with Gasteiger partial charge in [-0.15, -0.1) is 4.91 Å². The summed E-state index contributed by atoms with van der Waals surface area (Å²) >= 11 is 0. The van der Waals surface area contributed by atoms with E-state index in [1.165, 1.54) is 0 Å². The second-order valence-corrected chi connectivity index (χ2v) is 3.27. The Balaban J connectivity index is 2.48. The molecule has 4 heteroatoms. The van der Waals surface area contributed by atoms with E-state index < -0.39 is 0 Å². The summed E-state index contributed by atoms with van der Waals surface area (Å²) in [5.74, 6) is 0.0456. The summed E-state index contributed by atoms with van der Waals surface area (Å²) in [6, 6.07) is 0. The fraction of sp³-hybridized carbons (Fsp3) is 0.444. The minimum atomic E-state index is 0.0456. The molecule has 0 atom stereocenters. The van der Waals surface area contributed by atoms with E-state index in [4.69, 9.17) is 0 Å². The van der Waals surface area contributed by atoms with Gasteiger partial charge in [0.1, 0.15) is 0 Å². The van der Waals surface area contributed by atoms with E-state index in [0.29, 0.717) is 18.5 Å². The van der Waals surface area contributed by atoms with Gasteiger partial charge in [0, 0.05) is 18.3 Å². The van der Waals surface area contributed by atoms with Crippen molar-refractivity contribution in [2.75, 3.05) is 7.05 Å². The topological polar surface area (TPSA) is 49.7 Å². The maximum atomic E-state index is 11.3. The van der Waals surface area contributed by atoms with E-state index in [1.807, 2.05) is 6.08 Å². The molecule has 2 aliphatic rings. The number of nitroso groups, excluding NO2 is 1. The number of amides is 1. The molecule has 1 aliphatic carbocycles. The Morgan fingerprint density at radius 1 is 1.54 bits per heavy atom. The minimum Gasteiger partial charge on any atom is -0.315 e. The lowest BCUT2D eigenvalue weighted by Crippen LogP contribution is -2.17. The first kappa shape index (κ1) is 8.16. The predicted molar refractivity (Wildman–Crippen MR) is 47.5 cm³/mol. The molecule has 0 aromatic carbocycles. The summed E-state index contributed by atoms with van der Waals surface area (Å²) in [5.41, 5.74) is 2.26. The number of hydrogen-bond donors (Lipinski definition) is 0. The summed E-state index contributed by atoms with van der Waals surface area (Å²) < 4.78 is 0. The van der Waals surface area contributed by atoms with Crippen LogP contribution in [0.2, 0.25) is 0 Å². The Kier molecular flexibility index (Phi) is 1.76. The van der Waals surface area contributed by atoms with Crippen LogP contribution in [0, 0.1) is 4.91 Å². The van der Waals surface area contributed by atoms with Crippen LogP contribution in [0.5, 0.6) is 0 Å². The van der Waals surface area contributed by atoms with Gasteiger partial charge in [-0.3, -0.25) is 4.79 Å². The van der Waals surface area contributed by atoms with Crippen molar-refractivity contribution in [3.8, 4) is 0 Å². The monoisotopic (exact) mass is 178 g/mol. The van der Waals surface area contributed by atoms with Crippen molar-refractivity contribution in [3.05, 3.63) is 28.0 Å². The van der Waals surface area contributed by atoms with E-state index in [2.05, 4.69) is 5.18 Å². The highest BCUT2D eigenvalue weighted by Crippen LogP contribution is 2.35. The Bertz CT molecular complexity index is 342. The van der Waals surface area contributed by atoms with Crippen molar-refractivity contribution in [1.82, 2.24) is 4.90 Å². The lowest BCUT2D eigenvalue weighted by Gasteiger charge is -2.15. The van der Waals surface area contributed by atoms with Gasteiger partial charge in [-0.1, -0.05) is 6.08 Å². The number of hydrogen-bond acceptors (Lipinski definition) is 3. The van der Waals surface area contributed by atoms with Gasteiger partial charge in [0.15, 0.2) is 0 Å². The van der Waals surface area contributed by atoms with E-state index >= 15 is 0 Å². The molecule has 0 aromatic rings. The number of rotatable bonds is 1. The largest absolute Gasteiger partial charge is 0.315 e. The number of nitrogens with zero attached hydrogens (tertiary/aromatic N) is 2. The van der Waals surface area contributed by atoms with E-state index in [9.17, 15) is 9.70 Å². The number of likely N-dealkylation sites (tertiary alicyclic amines) is 1. The molecule has 1 aliphatic heterocycles. The van der Waals surface area contributed by atoms with Gasteiger partial charge in [-0.25, -0.2) is 0 Å². The maximum Gasteiger partial charge on any atom is 0.231 e. The molecule has 2 rings (SSSR count). The number of fused-ring (bicyclic) bond motifs is 1. The van der Waals surface area contributed by atoms with Crippen molar-refractivity contribution >= 4 is 5.91 Å². The molecule has 1 heterocycles. The van der Waals surface area contributed by atoms with Crippen LogP contribution in [-0.4, -0.2) is 17.9 Å². The quantitative estimate of drug-likeness (QED) is 0.572. The molecule has 1 saturated heterocycles. The Morgan fingerprint density at radius 3 is 3.00 bits per heavy atom. The molecule has 0 unspecified atom stereocenters. The van der Waals surface area contributed by atoms with Crippen LogP contribution < -0.4 is 0 Å². The third-order valence-corrected chi connectivity index (χ3v) is 2.55. The molecule has 0 saturated carbocycles. The molecule has 4 nitrogen and oxygen atoms in total. The Morgan fingerprint density at radius 2 is 2.31 bits per heavy atom. The normalized spacial score (nSPS) is 21.8. The molecule has 0 bridgehead atoms. The maximum absolute atomic E-state index is 11.3. The van der Waals surface area contributed by atoms with Crippen LogP contribution in [0.3, 0.4) is 0 Å². The van der Waals surface area contributed by atoms with Gasteiger partial charge in [0.25, 0.3) is 0 Å². The molecule has 0 aromatic heterocycles. The van der Waals surface area contributed by atoms with Crippen LogP contribution in [0.15, 0.2) is 28.2 Å². The van der Waals surface area contributed by atoms with Crippen molar-refractivity contribution in [1.29, 1.82) is 0 Å². The SMILES string of the molecule is CN1C(=O)CC2=C(N=O)CCC=C21. The number of carbonyl (C=O) groups is 1. The zero-order valence-electron chi connectivity index (χ0n) is 7.41. The molecule has 0 N–H and O–H groups in total. The zero-order chi connectivity index (χ0) is 9.42. The highest BCUT2D eigenvalue weighted by atomic mass is 16.3. The van der Waals surface area contributed by atoms with E-state index in [0.717, 1.165) is 17.7 Å². The average molecular weight is 178 g/mol. The van der Waals surface area contributed by atoms with Crippen molar-refractivity contribution in [2.24, 2.45) is 5.18 Å². The Hall–Kier alpha value is -1.45. The zero-order valence-corrected chi connectivity index (χ0v) is 7.41. The Labute approximate surface area is 75.9 Å². The summed E-state index contributed by atoms with van der Waals surface area (Å²) in [7, 11) is 1.73. The standard InChI is InChI=1S/C9H10N2O2/c1-11-8-4-2-3-7(10-13)6(8)5-9(11)12/h4H,2-3,5H2,1H3. The van der Waals surface area contributed by atoms with Crippen LogP contribution in [0.25, 0.3) is 0 Å². The molecular weight excluding hydrogens is 168 g/mol. The van der Waals surface area contributed by atoms with Crippen LogP contribution in [0.4, 0.5) is 0 Å². The van der Waals surface area contributed by atoms with E-state index in [-0.39, 0.29) is 5.91 Å². The molecule has 0 radical (unpaired) electrons. The molecule has 68 valence electrons. The molecule has 1 fully saturated rings. The summed E-state index contributed by atoms with van der Waals surface area (Å²) in [5, 5.41) is 2.97. The molecule has 0 spiro atoms. The molecule has 1 amide bonds. The van der Waals surface area contributed by atoms with Gasteiger partial charge in [0.05, 0.1) is 12.1 Å². The fourth-order valence-corrected chi connectivity index (χ4v) is 1.80. The average Bonchev–Trinajstić information content (AvgIpc) is 2.43. The highest BCUT2D eigenvalue weighted by Gasteiger charge is 2.31. The highest BCUT2D eigenvalue weighted by molar-refractivity contribution is 5.87. The second-order valence-electron chi connectivity index (χ2n) is 3.27. The summed E-state index contributed by atoms with van der Waals surface area (Å²) in [6.45, 7) is 0. The van der Waals surface area contributed by atoms with Crippen LogP contribution in [-0.2, 0) is 4.79 Å². The summed E-state index contributed by atoms with van der Waals surface area (Å²) in [4.78, 5) is 23.4. The van der Waals surface area contributed by atoms with Crippen molar-refractivity contribution in [3.63, 3.8) is 0 Å². The smallest absolute Gasteiger partial charge is 0.231 e. The lowest BCUT2D eigenvalue weighted by molar-refractivity contribution is -0.125. The van der Waals surface area contributed by atoms with Gasteiger partial charge >= 0.3 is 0 Å². The second kappa shape index (κ2) is 2.80. The first-order chi connectivity index (χ1) is 6.24. The van der Waals surface area contributed by atoms with Gasteiger partial charge in [-0.05, 0) is 18.0 Å². The number of carbonyl (C=O) groups excluding carboxylic acids is 1. The lowest BCUT2D eigenvalue weighted by atomic mass is 10.0. The first-order valence-corrected chi connectivity index (χ1v) is 4.26. The van der Waals surface area contributed by atoms with Crippen molar-refractivity contribution in [2.45, 2.75) is 19.3 Å². The van der Waals surface area contributed by atoms with Crippen LogP contribution in [0.1, 0.15) is 19.3 Å². The third kappa shape index (κ3) is 1.09. The fourth-order valence-electron chi connectivity index (χ4n) is 1.80. The summed E-state index contributed by atoms with van der Waals surface area (Å²) in [6.07, 6.45) is 3.80. The van der Waals surface area contributed by atoms with Gasteiger partial charge < -0.3 is 4.90 Å². The van der Waals surface area contributed by atoms with Crippen molar-refractivity contribution < 1.29 is 4.79 Å². The minimum absolute atomic E-state index is 0.0456. The van der Waals surface area contributed by atoms with E-state index in [1.54, 1.807) is 11.9 Å². The predicted octanol–water partition coefficient (Wildman–Crippen LogP) is 1.55. The van der Waals surface area contributed by atoms with Crippen LogP contribution >= 0.6 is 0 Å². The van der Waals surface area contributed by atoms with Gasteiger partial charge in [0.2, 0.25) is 5.91 Å². The third-order valence-electron chi connectivity index (χ3n) is 2.55. The molecular formula is C9H10N2O2. The molecule has 13 heavy (non-hydrogen) atoms. The first-order valence-electron chi connectivity index (χ1n) is 4.26. The number of likely N-dealkylation sites (N-methyl/N-ethyl adjacent to an activating group) is 1.